The van der Waals surface area contributed by atoms with Crippen molar-refractivity contribution in [1.29, 1.82) is 0 Å². The van der Waals surface area contributed by atoms with Gasteiger partial charge in [0.1, 0.15) is 0 Å². The average molecular weight is 236 g/mol. The first-order valence-electron chi connectivity index (χ1n) is 5.33. The van der Waals surface area contributed by atoms with Crippen LogP contribution in [0.4, 0.5) is 5.69 Å². The number of methoxy groups -OCH3 is 1. The van der Waals surface area contributed by atoms with Gasteiger partial charge in [0.25, 0.3) is 0 Å². The minimum atomic E-state index is -0.518. The van der Waals surface area contributed by atoms with Crippen LogP contribution in [-0.4, -0.2) is 25.0 Å². The lowest BCUT2D eigenvalue weighted by Crippen LogP contribution is -2.34. The maximum atomic E-state index is 11.5. The molecule has 1 aromatic rings. The van der Waals surface area contributed by atoms with Gasteiger partial charge in [0.05, 0.1) is 18.7 Å². The van der Waals surface area contributed by atoms with Crippen LogP contribution in [0.1, 0.15) is 23.7 Å². The van der Waals surface area contributed by atoms with Crippen molar-refractivity contribution in [2.24, 2.45) is 5.73 Å². The molecular formula is C12H16N2O3. The molecule has 0 radical (unpaired) electrons. The van der Waals surface area contributed by atoms with Crippen molar-refractivity contribution in [3.63, 3.8) is 0 Å². The summed E-state index contributed by atoms with van der Waals surface area (Å²) >= 11 is 0. The molecule has 0 saturated carbocycles. The number of hydrogen-bond acceptors (Lipinski definition) is 4. The molecule has 0 saturated heterocycles. The topological polar surface area (TPSA) is 81.4 Å². The summed E-state index contributed by atoms with van der Waals surface area (Å²) in [5.41, 5.74) is 6.62. The minimum Gasteiger partial charge on any atom is -0.465 e. The maximum absolute atomic E-state index is 11.5. The fourth-order valence-electron chi connectivity index (χ4n) is 1.23. The third-order valence-corrected chi connectivity index (χ3v) is 2.35. The Morgan fingerprint density at radius 1 is 1.35 bits per heavy atom. The first kappa shape index (κ1) is 13.2. The van der Waals surface area contributed by atoms with Gasteiger partial charge in [-0.25, -0.2) is 4.79 Å². The van der Waals surface area contributed by atoms with E-state index >= 15 is 0 Å². The van der Waals surface area contributed by atoms with Gasteiger partial charge in [-0.3, -0.25) is 4.79 Å². The number of rotatable bonds is 4. The maximum Gasteiger partial charge on any atom is 0.337 e. The summed E-state index contributed by atoms with van der Waals surface area (Å²) in [6.45, 7) is 1.84. The van der Waals surface area contributed by atoms with E-state index in [-0.39, 0.29) is 5.91 Å². The highest BCUT2D eigenvalue weighted by Gasteiger charge is 2.11. The molecule has 3 N–H and O–H groups in total. The number of ether oxygens (including phenoxy) is 1. The van der Waals surface area contributed by atoms with Crippen LogP contribution in [0, 0.1) is 0 Å². The molecule has 0 spiro atoms. The Bertz CT molecular complexity index is 401. The van der Waals surface area contributed by atoms with Crippen LogP contribution in [0.25, 0.3) is 0 Å². The van der Waals surface area contributed by atoms with E-state index in [0.29, 0.717) is 17.7 Å². The quantitative estimate of drug-likeness (QED) is 0.768. The van der Waals surface area contributed by atoms with E-state index in [4.69, 9.17) is 5.73 Å². The van der Waals surface area contributed by atoms with Gasteiger partial charge in [0.2, 0.25) is 5.91 Å². The van der Waals surface area contributed by atoms with Gasteiger partial charge in [0, 0.05) is 5.69 Å². The summed E-state index contributed by atoms with van der Waals surface area (Å²) in [5.74, 6) is -0.647. The molecule has 0 aliphatic rings. The summed E-state index contributed by atoms with van der Waals surface area (Å²) in [6.07, 6.45) is 0.575. The molecule has 0 aromatic heterocycles. The Kier molecular flexibility index (Phi) is 4.66. The first-order chi connectivity index (χ1) is 8.08. The molecule has 1 rings (SSSR count). The van der Waals surface area contributed by atoms with Gasteiger partial charge in [-0.1, -0.05) is 6.92 Å². The molecule has 1 amide bonds. The zero-order valence-electron chi connectivity index (χ0n) is 9.90. The number of nitrogens with two attached hydrogens (primary N) is 1. The third-order valence-electron chi connectivity index (χ3n) is 2.35. The zero-order chi connectivity index (χ0) is 12.8. The molecule has 0 bridgehead atoms. The lowest BCUT2D eigenvalue weighted by Gasteiger charge is -2.10. The average Bonchev–Trinajstić information content (AvgIpc) is 2.37. The summed E-state index contributed by atoms with van der Waals surface area (Å²) in [5, 5.41) is 2.66. The van der Waals surface area contributed by atoms with E-state index in [2.05, 4.69) is 10.1 Å². The predicted octanol–water partition coefficient (Wildman–Crippen LogP) is 1.15. The summed E-state index contributed by atoms with van der Waals surface area (Å²) < 4.78 is 4.57. The fraction of sp³-hybridized carbons (Fsp3) is 0.333. The van der Waals surface area contributed by atoms with Crippen molar-refractivity contribution in [2.45, 2.75) is 19.4 Å². The van der Waals surface area contributed by atoms with Gasteiger partial charge >= 0.3 is 5.97 Å². The molecule has 92 valence electrons. The van der Waals surface area contributed by atoms with Crippen LogP contribution in [0.3, 0.4) is 0 Å². The molecule has 1 aromatic carbocycles. The van der Waals surface area contributed by atoms with E-state index in [9.17, 15) is 9.59 Å². The second-order valence-electron chi connectivity index (χ2n) is 3.57. The Labute approximate surface area is 99.9 Å². The van der Waals surface area contributed by atoms with E-state index in [1.807, 2.05) is 6.92 Å². The lowest BCUT2D eigenvalue weighted by molar-refractivity contribution is -0.117. The highest BCUT2D eigenvalue weighted by Crippen LogP contribution is 2.10. The zero-order valence-corrected chi connectivity index (χ0v) is 9.90. The SMILES string of the molecule is CC[C@H](N)C(=O)Nc1ccc(C(=O)OC)cc1. The normalized spacial score (nSPS) is 11.7. The number of esters is 1. The number of carbonyl (C=O) groups excluding carboxylic acids is 2. The van der Waals surface area contributed by atoms with Gasteiger partial charge in [0.15, 0.2) is 0 Å². The van der Waals surface area contributed by atoms with Crippen molar-refractivity contribution in [1.82, 2.24) is 0 Å². The van der Waals surface area contributed by atoms with Crippen molar-refractivity contribution in [2.75, 3.05) is 12.4 Å². The van der Waals surface area contributed by atoms with Gasteiger partial charge in [-0.15, -0.1) is 0 Å². The number of amides is 1. The number of hydrogen-bond donors (Lipinski definition) is 2. The number of benzene rings is 1. The minimum absolute atomic E-state index is 0.238. The van der Waals surface area contributed by atoms with Crippen LogP contribution in [-0.2, 0) is 9.53 Å². The van der Waals surface area contributed by atoms with Crippen molar-refractivity contribution in [3.05, 3.63) is 29.8 Å². The summed E-state index contributed by atoms with van der Waals surface area (Å²) in [4.78, 5) is 22.7. The van der Waals surface area contributed by atoms with Crippen LogP contribution in [0.15, 0.2) is 24.3 Å². The monoisotopic (exact) mass is 236 g/mol. The fourth-order valence-corrected chi connectivity index (χ4v) is 1.23. The van der Waals surface area contributed by atoms with Crippen LogP contribution >= 0.6 is 0 Å². The summed E-state index contributed by atoms with van der Waals surface area (Å²) in [6, 6.07) is 5.91. The smallest absolute Gasteiger partial charge is 0.337 e. The number of nitrogens with one attached hydrogen (secondary N) is 1. The third kappa shape index (κ3) is 3.57. The Balaban J connectivity index is 2.69. The Morgan fingerprint density at radius 3 is 2.41 bits per heavy atom. The molecule has 0 fully saturated rings. The second kappa shape index (κ2) is 6.00. The van der Waals surface area contributed by atoms with Crippen molar-refractivity contribution >= 4 is 17.6 Å². The van der Waals surface area contributed by atoms with Crippen molar-refractivity contribution < 1.29 is 14.3 Å². The van der Waals surface area contributed by atoms with E-state index in [1.54, 1.807) is 24.3 Å². The molecule has 0 heterocycles. The van der Waals surface area contributed by atoms with Gasteiger partial charge < -0.3 is 15.8 Å². The summed E-state index contributed by atoms with van der Waals surface area (Å²) in [7, 11) is 1.32. The molecule has 0 aliphatic carbocycles. The highest BCUT2D eigenvalue weighted by atomic mass is 16.5. The number of carbonyl (C=O) groups is 2. The van der Waals surface area contributed by atoms with E-state index in [0.717, 1.165) is 0 Å². The standard InChI is InChI=1S/C12H16N2O3/c1-3-10(13)11(15)14-9-6-4-8(5-7-9)12(16)17-2/h4-7,10H,3,13H2,1-2H3,(H,14,15)/t10-/m0/s1. The van der Waals surface area contributed by atoms with Crippen molar-refractivity contribution in [3.8, 4) is 0 Å². The molecule has 5 nitrogen and oxygen atoms in total. The van der Waals surface area contributed by atoms with Gasteiger partial charge in [-0.2, -0.15) is 0 Å². The molecule has 17 heavy (non-hydrogen) atoms. The largest absolute Gasteiger partial charge is 0.465 e. The van der Waals surface area contributed by atoms with E-state index < -0.39 is 12.0 Å². The van der Waals surface area contributed by atoms with Crippen LogP contribution in [0.2, 0.25) is 0 Å². The first-order valence-corrected chi connectivity index (χ1v) is 5.33. The molecule has 0 unspecified atom stereocenters. The highest BCUT2D eigenvalue weighted by molar-refractivity contribution is 5.95. The lowest BCUT2D eigenvalue weighted by atomic mass is 10.2. The number of anilines is 1. The predicted molar refractivity (Wildman–Crippen MR) is 64.7 cm³/mol. The molecule has 1 atom stereocenters. The Morgan fingerprint density at radius 2 is 1.94 bits per heavy atom. The second-order valence-corrected chi connectivity index (χ2v) is 3.57. The van der Waals surface area contributed by atoms with Crippen LogP contribution < -0.4 is 11.1 Å². The molecule has 5 heteroatoms. The van der Waals surface area contributed by atoms with Gasteiger partial charge in [-0.05, 0) is 30.7 Å². The molecular weight excluding hydrogens is 220 g/mol. The van der Waals surface area contributed by atoms with E-state index in [1.165, 1.54) is 7.11 Å². The Hall–Kier alpha value is -1.88. The van der Waals surface area contributed by atoms with Crippen LogP contribution in [0.5, 0.6) is 0 Å². The molecule has 0 aliphatic heterocycles.